The molecule has 0 amide bonds. The predicted octanol–water partition coefficient (Wildman–Crippen LogP) is 5.45. The van der Waals surface area contributed by atoms with Gasteiger partial charge in [0.15, 0.2) is 0 Å². The number of unbranched alkanes of at least 4 members (excludes halogenated alkanes) is 6. The van der Waals surface area contributed by atoms with E-state index in [1.54, 1.807) is 0 Å². The molecule has 1 rings (SSSR count). The van der Waals surface area contributed by atoms with Gasteiger partial charge in [-0.05, 0) is 45.1 Å². The van der Waals surface area contributed by atoms with E-state index >= 15 is 0 Å². The summed E-state index contributed by atoms with van der Waals surface area (Å²) in [4.78, 5) is 0. The van der Waals surface area contributed by atoms with Crippen molar-refractivity contribution in [1.29, 1.82) is 0 Å². The van der Waals surface area contributed by atoms with Crippen LogP contribution in [0.2, 0.25) is 0 Å². The molecule has 2 nitrogen and oxygen atoms in total. The molecule has 0 radical (unpaired) electrons. The second kappa shape index (κ2) is 13.6. The Labute approximate surface area is 133 Å². The average molecular weight is 298 g/mol. The largest absolute Gasteiger partial charge is 0.378 e. The summed E-state index contributed by atoms with van der Waals surface area (Å²) in [5, 5.41) is 3.75. The Balaban J connectivity index is 2.10. The standard InChI is InChI=1S/C19H39NO/c1-3-5-6-7-8-9-10-13-18(20-15-4-2)17-19-14-11-12-16-21-19/h18-20H,3-17H2,1-2H3. The summed E-state index contributed by atoms with van der Waals surface area (Å²) in [6.45, 7) is 6.70. The molecule has 1 fully saturated rings. The van der Waals surface area contributed by atoms with E-state index in [0.29, 0.717) is 12.1 Å². The SMILES string of the molecule is CCCCCCCCCC(CC1CCCCO1)NCCC. The molecule has 0 bridgehead atoms. The van der Waals surface area contributed by atoms with E-state index in [2.05, 4.69) is 19.2 Å². The Morgan fingerprint density at radius 3 is 2.38 bits per heavy atom. The van der Waals surface area contributed by atoms with Crippen LogP contribution in [0.25, 0.3) is 0 Å². The lowest BCUT2D eigenvalue weighted by Crippen LogP contribution is -2.35. The van der Waals surface area contributed by atoms with Crippen molar-refractivity contribution >= 4 is 0 Å². The molecule has 0 aromatic rings. The maximum atomic E-state index is 5.92. The van der Waals surface area contributed by atoms with E-state index < -0.39 is 0 Å². The molecular weight excluding hydrogens is 258 g/mol. The van der Waals surface area contributed by atoms with Crippen LogP contribution in [-0.2, 0) is 4.74 Å². The van der Waals surface area contributed by atoms with Gasteiger partial charge in [-0.1, -0.05) is 58.8 Å². The molecule has 1 aliphatic rings. The quantitative estimate of drug-likeness (QED) is 0.456. The van der Waals surface area contributed by atoms with Crippen LogP contribution in [-0.4, -0.2) is 25.3 Å². The number of ether oxygens (including phenoxy) is 1. The first-order valence-electron chi connectivity index (χ1n) is 9.71. The monoisotopic (exact) mass is 297 g/mol. The lowest BCUT2D eigenvalue weighted by molar-refractivity contribution is 0.00458. The highest BCUT2D eigenvalue weighted by molar-refractivity contribution is 4.74. The number of hydrogen-bond acceptors (Lipinski definition) is 2. The Morgan fingerprint density at radius 1 is 0.952 bits per heavy atom. The third kappa shape index (κ3) is 10.3. The highest BCUT2D eigenvalue weighted by atomic mass is 16.5. The molecule has 1 aliphatic heterocycles. The Bertz CT molecular complexity index is 214. The number of nitrogens with one attached hydrogen (secondary N) is 1. The van der Waals surface area contributed by atoms with Crippen molar-refractivity contribution in [2.75, 3.05) is 13.2 Å². The first-order chi connectivity index (χ1) is 10.4. The van der Waals surface area contributed by atoms with E-state index in [1.807, 2.05) is 0 Å². The molecule has 2 unspecified atom stereocenters. The van der Waals surface area contributed by atoms with Gasteiger partial charge in [-0.15, -0.1) is 0 Å². The Kier molecular flexibility index (Phi) is 12.3. The normalized spacial score (nSPS) is 20.6. The van der Waals surface area contributed by atoms with Crippen LogP contribution in [0.1, 0.15) is 97.3 Å². The van der Waals surface area contributed by atoms with Crippen LogP contribution in [0.4, 0.5) is 0 Å². The molecular formula is C19H39NO. The molecule has 0 aliphatic carbocycles. The summed E-state index contributed by atoms with van der Waals surface area (Å²) in [7, 11) is 0. The van der Waals surface area contributed by atoms with Crippen LogP contribution >= 0.6 is 0 Å². The van der Waals surface area contributed by atoms with E-state index in [1.165, 1.54) is 83.5 Å². The van der Waals surface area contributed by atoms with Gasteiger partial charge in [0.05, 0.1) is 6.10 Å². The topological polar surface area (TPSA) is 21.3 Å². The van der Waals surface area contributed by atoms with Crippen molar-refractivity contribution in [3.8, 4) is 0 Å². The molecule has 0 aromatic carbocycles. The average Bonchev–Trinajstić information content (AvgIpc) is 2.52. The third-order valence-electron chi connectivity index (χ3n) is 4.66. The van der Waals surface area contributed by atoms with Gasteiger partial charge in [0.25, 0.3) is 0 Å². The van der Waals surface area contributed by atoms with E-state index in [0.717, 1.165) is 13.2 Å². The lowest BCUT2D eigenvalue weighted by atomic mass is 9.97. The summed E-state index contributed by atoms with van der Waals surface area (Å²) in [6.07, 6.45) is 18.1. The van der Waals surface area contributed by atoms with Gasteiger partial charge in [-0.2, -0.15) is 0 Å². The summed E-state index contributed by atoms with van der Waals surface area (Å²) in [6, 6.07) is 0.684. The van der Waals surface area contributed by atoms with Gasteiger partial charge in [0.1, 0.15) is 0 Å². The first kappa shape index (κ1) is 19.0. The van der Waals surface area contributed by atoms with Crippen molar-refractivity contribution in [2.24, 2.45) is 0 Å². The molecule has 1 N–H and O–H groups in total. The second-order valence-electron chi connectivity index (χ2n) is 6.79. The highest BCUT2D eigenvalue weighted by Gasteiger charge is 2.18. The fourth-order valence-electron chi connectivity index (χ4n) is 3.31. The van der Waals surface area contributed by atoms with Crippen molar-refractivity contribution in [1.82, 2.24) is 5.32 Å². The zero-order chi connectivity index (χ0) is 15.2. The minimum Gasteiger partial charge on any atom is -0.378 e. The molecule has 0 aromatic heterocycles. The van der Waals surface area contributed by atoms with Gasteiger partial charge >= 0.3 is 0 Å². The van der Waals surface area contributed by atoms with Crippen LogP contribution < -0.4 is 5.32 Å². The molecule has 21 heavy (non-hydrogen) atoms. The zero-order valence-electron chi connectivity index (χ0n) is 14.7. The number of hydrogen-bond donors (Lipinski definition) is 1. The maximum Gasteiger partial charge on any atom is 0.0590 e. The summed E-state index contributed by atoms with van der Waals surface area (Å²) in [5.41, 5.74) is 0. The maximum absolute atomic E-state index is 5.92. The predicted molar refractivity (Wildman–Crippen MR) is 92.9 cm³/mol. The van der Waals surface area contributed by atoms with Crippen LogP contribution in [0.5, 0.6) is 0 Å². The smallest absolute Gasteiger partial charge is 0.0590 e. The van der Waals surface area contributed by atoms with Gasteiger partial charge < -0.3 is 10.1 Å². The lowest BCUT2D eigenvalue weighted by Gasteiger charge is -2.27. The molecule has 1 saturated heterocycles. The summed E-state index contributed by atoms with van der Waals surface area (Å²) >= 11 is 0. The van der Waals surface area contributed by atoms with Crippen molar-refractivity contribution in [2.45, 2.75) is 109 Å². The minimum atomic E-state index is 0.526. The molecule has 2 heteroatoms. The fraction of sp³-hybridized carbons (Fsp3) is 1.00. The van der Waals surface area contributed by atoms with Crippen LogP contribution in [0.15, 0.2) is 0 Å². The van der Waals surface area contributed by atoms with Crippen LogP contribution in [0.3, 0.4) is 0 Å². The van der Waals surface area contributed by atoms with E-state index in [9.17, 15) is 0 Å². The molecule has 0 saturated carbocycles. The molecule has 1 heterocycles. The molecule has 2 atom stereocenters. The van der Waals surface area contributed by atoms with Gasteiger partial charge in [0, 0.05) is 12.6 Å². The summed E-state index contributed by atoms with van der Waals surface area (Å²) < 4.78 is 5.92. The van der Waals surface area contributed by atoms with Crippen molar-refractivity contribution in [3.05, 3.63) is 0 Å². The van der Waals surface area contributed by atoms with Crippen LogP contribution in [0, 0.1) is 0 Å². The van der Waals surface area contributed by atoms with E-state index in [4.69, 9.17) is 4.74 Å². The first-order valence-corrected chi connectivity index (χ1v) is 9.71. The highest BCUT2D eigenvalue weighted by Crippen LogP contribution is 2.19. The minimum absolute atomic E-state index is 0.526. The Hall–Kier alpha value is -0.0800. The number of rotatable bonds is 13. The van der Waals surface area contributed by atoms with Crippen molar-refractivity contribution in [3.63, 3.8) is 0 Å². The third-order valence-corrected chi connectivity index (χ3v) is 4.66. The van der Waals surface area contributed by atoms with E-state index in [-0.39, 0.29) is 0 Å². The van der Waals surface area contributed by atoms with Gasteiger partial charge in [-0.25, -0.2) is 0 Å². The fourth-order valence-corrected chi connectivity index (χ4v) is 3.31. The van der Waals surface area contributed by atoms with Gasteiger partial charge in [0.2, 0.25) is 0 Å². The van der Waals surface area contributed by atoms with Gasteiger partial charge in [-0.3, -0.25) is 0 Å². The second-order valence-corrected chi connectivity index (χ2v) is 6.79. The molecule has 126 valence electrons. The molecule has 0 spiro atoms. The Morgan fingerprint density at radius 2 is 1.71 bits per heavy atom. The summed E-state index contributed by atoms with van der Waals surface area (Å²) in [5.74, 6) is 0. The zero-order valence-corrected chi connectivity index (χ0v) is 14.7. The van der Waals surface area contributed by atoms with Crippen molar-refractivity contribution < 1.29 is 4.74 Å².